The van der Waals surface area contributed by atoms with Crippen LogP contribution < -0.4 is 5.32 Å². The molecule has 3 aromatic rings. The summed E-state index contributed by atoms with van der Waals surface area (Å²) in [7, 11) is 0. The normalized spacial score (nSPS) is 10.3. The molecule has 7 heteroatoms. The molecule has 0 radical (unpaired) electrons. The van der Waals surface area contributed by atoms with Crippen LogP contribution in [0.3, 0.4) is 0 Å². The van der Waals surface area contributed by atoms with Gasteiger partial charge in [-0.05, 0) is 24.3 Å². The van der Waals surface area contributed by atoms with E-state index in [2.05, 4.69) is 5.32 Å². The van der Waals surface area contributed by atoms with Gasteiger partial charge >= 0.3 is 0 Å². The lowest BCUT2D eigenvalue weighted by molar-refractivity contribution is -0.384. The van der Waals surface area contributed by atoms with Gasteiger partial charge in [0, 0.05) is 33.8 Å². The van der Waals surface area contributed by atoms with Crippen molar-refractivity contribution in [1.29, 1.82) is 0 Å². The highest BCUT2D eigenvalue weighted by atomic mass is 32.2. The third kappa shape index (κ3) is 5.05. The summed E-state index contributed by atoms with van der Waals surface area (Å²) in [6, 6.07) is 21.7. The number of thioether (sulfide) groups is 1. The van der Waals surface area contributed by atoms with Gasteiger partial charge in [-0.2, -0.15) is 0 Å². The van der Waals surface area contributed by atoms with E-state index in [-0.39, 0.29) is 23.1 Å². The molecule has 6 nitrogen and oxygen atoms in total. The first-order valence-corrected chi connectivity index (χ1v) is 9.38. The maximum absolute atomic E-state index is 12.5. The summed E-state index contributed by atoms with van der Waals surface area (Å²) < 4.78 is 0. The van der Waals surface area contributed by atoms with E-state index in [0.29, 0.717) is 16.8 Å². The van der Waals surface area contributed by atoms with Gasteiger partial charge < -0.3 is 5.32 Å². The van der Waals surface area contributed by atoms with Crippen molar-refractivity contribution in [3.05, 3.63) is 100 Å². The number of non-ortho nitro benzene ring substituents is 1. The van der Waals surface area contributed by atoms with Crippen LogP contribution in [-0.2, 0) is 4.79 Å². The van der Waals surface area contributed by atoms with Gasteiger partial charge in [-0.15, -0.1) is 11.8 Å². The molecule has 0 aliphatic rings. The van der Waals surface area contributed by atoms with Gasteiger partial charge in [0.15, 0.2) is 5.78 Å². The van der Waals surface area contributed by atoms with Crippen LogP contribution in [0.2, 0.25) is 0 Å². The Morgan fingerprint density at radius 3 is 2.25 bits per heavy atom. The number of carbonyl (C=O) groups is 2. The summed E-state index contributed by atoms with van der Waals surface area (Å²) in [6.07, 6.45) is 0. The van der Waals surface area contributed by atoms with E-state index in [9.17, 15) is 19.7 Å². The first kappa shape index (κ1) is 19.3. The molecular weight excluding hydrogens is 376 g/mol. The van der Waals surface area contributed by atoms with Crippen molar-refractivity contribution in [3.8, 4) is 0 Å². The number of carbonyl (C=O) groups excluding carboxylic acids is 2. The number of nitro groups is 1. The summed E-state index contributed by atoms with van der Waals surface area (Å²) in [4.78, 5) is 35.6. The van der Waals surface area contributed by atoms with Crippen molar-refractivity contribution >= 4 is 34.8 Å². The molecule has 140 valence electrons. The monoisotopic (exact) mass is 392 g/mol. The van der Waals surface area contributed by atoms with Crippen LogP contribution in [0.15, 0.2) is 83.8 Å². The zero-order chi connectivity index (χ0) is 19.9. The molecule has 0 unspecified atom stereocenters. The Morgan fingerprint density at radius 2 is 1.57 bits per heavy atom. The van der Waals surface area contributed by atoms with Crippen LogP contribution in [-0.4, -0.2) is 22.4 Å². The van der Waals surface area contributed by atoms with Crippen LogP contribution >= 0.6 is 11.8 Å². The fourth-order valence-corrected chi connectivity index (χ4v) is 3.20. The standard InChI is InChI=1S/C21H16N2O4S/c24-20(14-28-19-11-9-18(10-12-19)23(26)27)22-17-8-4-7-16(13-17)21(25)15-5-2-1-3-6-15/h1-13H,14H2,(H,22,24). The molecule has 3 rings (SSSR count). The minimum Gasteiger partial charge on any atom is -0.325 e. The molecule has 0 fully saturated rings. The molecule has 28 heavy (non-hydrogen) atoms. The number of anilines is 1. The molecule has 0 atom stereocenters. The number of nitrogens with zero attached hydrogens (tertiary/aromatic N) is 1. The molecule has 3 aromatic carbocycles. The third-order valence-corrected chi connectivity index (χ3v) is 4.87. The Bertz CT molecular complexity index is 1000. The first-order chi connectivity index (χ1) is 13.5. The molecule has 0 aliphatic heterocycles. The van der Waals surface area contributed by atoms with Crippen LogP contribution in [0.1, 0.15) is 15.9 Å². The molecule has 0 heterocycles. The minimum absolute atomic E-state index is 0.00806. The second-order valence-corrected chi connectivity index (χ2v) is 6.91. The van der Waals surface area contributed by atoms with E-state index < -0.39 is 4.92 Å². The number of amides is 1. The Labute approximate surface area is 165 Å². The summed E-state index contributed by atoms with van der Waals surface area (Å²) in [5.74, 6) is -0.195. The van der Waals surface area contributed by atoms with Crippen LogP contribution in [0.4, 0.5) is 11.4 Å². The maximum atomic E-state index is 12.5. The maximum Gasteiger partial charge on any atom is 0.269 e. The lowest BCUT2D eigenvalue weighted by Gasteiger charge is -2.07. The second kappa shape index (κ2) is 8.96. The Kier molecular flexibility index (Phi) is 6.18. The SMILES string of the molecule is O=C(CSc1ccc([N+](=O)[O-])cc1)Nc1cccc(C(=O)c2ccccc2)c1. The highest BCUT2D eigenvalue weighted by Crippen LogP contribution is 2.22. The quantitative estimate of drug-likeness (QED) is 0.276. The topological polar surface area (TPSA) is 89.3 Å². The highest BCUT2D eigenvalue weighted by Gasteiger charge is 2.11. The van der Waals surface area contributed by atoms with Gasteiger partial charge in [-0.3, -0.25) is 19.7 Å². The first-order valence-electron chi connectivity index (χ1n) is 8.40. The van der Waals surface area contributed by atoms with Crippen LogP contribution in [0, 0.1) is 10.1 Å². The predicted molar refractivity (Wildman–Crippen MR) is 109 cm³/mol. The lowest BCUT2D eigenvalue weighted by atomic mass is 10.0. The van der Waals surface area contributed by atoms with E-state index in [1.54, 1.807) is 60.7 Å². The van der Waals surface area contributed by atoms with E-state index in [1.165, 1.54) is 23.9 Å². The highest BCUT2D eigenvalue weighted by molar-refractivity contribution is 8.00. The fourth-order valence-electron chi connectivity index (χ4n) is 2.50. The summed E-state index contributed by atoms with van der Waals surface area (Å²) in [6.45, 7) is 0. The van der Waals surface area contributed by atoms with Crippen molar-refractivity contribution in [3.63, 3.8) is 0 Å². The molecule has 1 amide bonds. The predicted octanol–water partition coefficient (Wildman–Crippen LogP) is 4.56. The number of nitrogens with one attached hydrogen (secondary N) is 1. The molecule has 1 N–H and O–H groups in total. The van der Waals surface area contributed by atoms with Crippen molar-refractivity contribution in [2.24, 2.45) is 0 Å². The number of hydrogen-bond donors (Lipinski definition) is 1. The van der Waals surface area contributed by atoms with Crippen molar-refractivity contribution in [1.82, 2.24) is 0 Å². The van der Waals surface area contributed by atoms with E-state index in [1.807, 2.05) is 6.07 Å². The Hall–Kier alpha value is -3.45. The Morgan fingerprint density at radius 1 is 0.893 bits per heavy atom. The molecule has 0 saturated heterocycles. The number of ketones is 1. The molecular formula is C21H16N2O4S. The third-order valence-electron chi connectivity index (χ3n) is 3.86. The summed E-state index contributed by atoms with van der Waals surface area (Å²) in [5.41, 5.74) is 1.62. The van der Waals surface area contributed by atoms with Gasteiger partial charge in [0.2, 0.25) is 5.91 Å². The average molecular weight is 392 g/mol. The summed E-state index contributed by atoms with van der Waals surface area (Å²) >= 11 is 1.27. The molecule has 0 aromatic heterocycles. The largest absolute Gasteiger partial charge is 0.325 e. The number of nitro benzene ring substituents is 1. The van der Waals surface area contributed by atoms with E-state index >= 15 is 0 Å². The summed E-state index contributed by atoms with van der Waals surface area (Å²) in [5, 5.41) is 13.4. The molecule has 0 aliphatic carbocycles. The smallest absolute Gasteiger partial charge is 0.269 e. The van der Waals surface area contributed by atoms with Gasteiger partial charge in [-0.25, -0.2) is 0 Å². The van der Waals surface area contributed by atoms with E-state index in [4.69, 9.17) is 0 Å². The second-order valence-electron chi connectivity index (χ2n) is 5.86. The Balaban J connectivity index is 1.60. The van der Waals surface area contributed by atoms with Gasteiger partial charge in [0.1, 0.15) is 0 Å². The van der Waals surface area contributed by atoms with Crippen LogP contribution in [0.25, 0.3) is 0 Å². The zero-order valence-electron chi connectivity index (χ0n) is 14.7. The number of benzene rings is 3. The number of rotatable bonds is 7. The van der Waals surface area contributed by atoms with Crippen molar-refractivity contribution in [2.45, 2.75) is 4.90 Å². The zero-order valence-corrected chi connectivity index (χ0v) is 15.5. The van der Waals surface area contributed by atoms with Gasteiger partial charge in [0.05, 0.1) is 10.7 Å². The number of hydrogen-bond acceptors (Lipinski definition) is 5. The van der Waals surface area contributed by atoms with Gasteiger partial charge in [0.25, 0.3) is 5.69 Å². The minimum atomic E-state index is -0.467. The molecule has 0 bridgehead atoms. The van der Waals surface area contributed by atoms with E-state index in [0.717, 1.165) is 4.90 Å². The average Bonchev–Trinajstić information content (AvgIpc) is 2.73. The fraction of sp³-hybridized carbons (Fsp3) is 0.0476. The van der Waals surface area contributed by atoms with Crippen LogP contribution in [0.5, 0.6) is 0 Å². The lowest BCUT2D eigenvalue weighted by Crippen LogP contribution is -2.14. The van der Waals surface area contributed by atoms with Crippen molar-refractivity contribution < 1.29 is 14.5 Å². The molecule has 0 spiro atoms. The molecule has 0 saturated carbocycles. The van der Waals surface area contributed by atoms with Crippen molar-refractivity contribution in [2.75, 3.05) is 11.1 Å². The van der Waals surface area contributed by atoms with Gasteiger partial charge in [-0.1, -0.05) is 42.5 Å².